The summed E-state index contributed by atoms with van der Waals surface area (Å²) in [6.45, 7) is 2.88. The van der Waals surface area contributed by atoms with Crippen molar-refractivity contribution in [3.63, 3.8) is 0 Å². The van der Waals surface area contributed by atoms with E-state index in [4.69, 9.17) is 0 Å². The largest absolute Gasteiger partial charge is 0.418 e. The Bertz CT molecular complexity index is 757. The van der Waals surface area contributed by atoms with Crippen LogP contribution in [-0.2, 0) is 17.4 Å². The number of anilines is 1. The Morgan fingerprint density at radius 1 is 1.32 bits per heavy atom. The average molecular weight is 368 g/mol. The Hall–Kier alpha value is -1.86. The molecule has 1 unspecified atom stereocenters. The van der Waals surface area contributed by atoms with Gasteiger partial charge in [0.25, 0.3) is 0 Å². The summed E-state index contributed by atoms with van der Waals surface area (Å²) in [6.07, 6.45) is -2.77. The first-order valence-corrected chi connectivity index (χ1v) is 9.04. The molecule has 3 rings (SSSR count). The molecule has 134 valence electrons. The van der Waals surface area contributed by atoms with E-state index in [0.29, 0.717) is 0 Å². The SMILES string of the molecule is CCC1c2ccsc2CCN1CC(=O)Nc1ccccc1C(F)(F)F. The number of hydrogen-bond acceptors (Lipinski definition) is 3. The van der Waals surface area contributed by atoms with Gasteiger partial charge < -0.3 is 5.32 Å². The van der Waals surface area contributed by atoms with Gasteiger partial charge in [-0.1, -0.05) is 19.1 Å². The second kappa shape index (κ2) is 7.17. The summed E-state index contributed by atoms with van der Waals surface area (Å²) in [6, 6.07) is 7.27. The van der Waals surface area contributed by atoms with Gasteiger partial charge in [0.05, 0.1) is 17.8 Å². The lowest BCUT2D eigenvalue weighted by Gasteiger charge is -2.34. The topological polar surface area (TPSA) is 32.3 Å². The quantitative estimate of drug-likeness (QED) is 0.847. The van der Waals surface area contributed by atoms with Crippen LogP contribution < -0.4 is 5.32 Å². The van der Waals surface area contributed by atoms with E-state index in [1.165, 1.54) is 28.6 Å². The third-order valence-electron chi connectivity index (χ3n) is 4.45. The summed E-state index contributed by atoms with van der Waals surface area (Å²) in [5.41, 5.74) is 0.220. The maximum Gasteiger partial charge on any atom is 0.418 e. The molecule has 0 radical (unpaired) electrons. The molecule has 1 atom stereocenters. The van der Waals surface area contributed by atoms with E-state index in [9.17, 15) is 18.0 Å². The number of fused-ring (bicyclic) bond motifs is 1. The van der Waals surface area contributed by atoms with Crippen LogP contribution in [0.3, 0.4) is 0 Å². The van der Waals surface area contributed by atoms with Crippen molar-refractivity contribution in [1.29, 1.82) is 0 Å². The summed E-state index contributed by atoms with van der Waals surface area (Å²) in [5.74, 6) is -0.422. The molecule has 1 aliphatic rings. The van der Waals surface area contributed by atoms with Gasteiger partial charge >= 0.3 is 6.18 Å². The highest BCUT2D eigenvalue weighted by atomic mass is 32.1. The molecule has 1 aromatic carbocycles. The monoisotopic (exact) mass is 368 g/mol. The van der Waals surface area contributed by atoms with E-state index >= 15 is 0 Å². The van der Waals surface area contributed by atoms with E-state index in [1.807, 2.05) is 4.90 Å². The van der Waals surface area contributed by atoms with Crippen LogP contribution in [0.5, 0.6) is 0 Å². The number of benzene rings is 1. The maximum atomic E-state index is 13.0. The highest BCUT2D eigenvalue weighted by Crippen LogP contribution is 2.36. The van der Waals surface area contributed by atoms with Crippen molar-refractivity contribution in [3.05, 3.63) is 51.7 Å². The Balaban J connectivity index is 1.72. The van der Waals surface area contributed by atoms with Crippen molar-refractivity contribution < 1.29 is 18.0 Å². The van der Waals surface area contributed by atoms with Gasteiger partial charge in [0.15, 0.2) is 0 Å². The molecule has 1 amide bonds. The number of carbonyl (C=O) groups is 1. The molecule has 0 saturated carbocycles. The summed E-state index contributed by atoms with van der Waals surface area (Å²) in [4.78, 5) is 15.7. The van der Waals surface area contributed by atoms with E-state index in [2.05, 4.69) is 23.7 Å². The first kappa shape index (κ1) is 17.9. The summed E-state index contributed by atoms with van der Waals surface area (Å²) < 4.78 is 39.1. The average Bonchev–Trinajstić information content (AvgIpc) is 3.02. The molecule has 0 fully saturated rings. The first-order chi connectivity index (χ1) is 11.9. The van der Waals surface area contributed by atoms with Crippen LogP contribution in [-0.4, -0.2) is 23.9 Å². The molecule has 2 heterocycles. The number of thiophene rings is 1. The van der Waals surface area contributed by atoms with E-state index in [0.717, 1.165) is 25.5 Å². The van der Waals surface area contributed by atoms with Crippen LogP contribution in [0.25, 0.3) is 0 Å². The Morgan fingerprint density at radius 2 is 2.08 bits per heavy atom. The summed E-state index contributed by atoms with van der Waals surface area (Å²) in [5, 5.41) is 4.48. The normalized spacial score (nSPS) is 18.0. The Morgan fingerprint density at radius 3 is 2.80 bits per heavy atom. The van der Waals surface area contributed by atoms with Gasteiger partial charge in [0.1, 0.15) is 0 Å². The van der Waals surface area contributed by atoms with Crippen LogP contribution >= 0.6 is 11.3 Å². The van der Waals surface area contributed by atoms with Gasteiger partial charge in [-0.25, -0.2) is 0 Å². The molecular formula is C18H19F3N2OS. The van der Waals surface area contributed by atoms with Crippen LogP contribution in [0.1, 0.15) is 35.4 Å². The molecule has 1 aliphatic heterocycles. The third kappa shape index (κ3) is 3.88. The molecule has 1 aromatic heterocycles. The Kier molecular flexibility index (Phi) is 5.15. The predicted octanol–water partition coefficient (Wildman–Crippen LogP) is 4.71. The lowest BCUT2D eigenvalue weighted by atomic mass is 9.98. The van der Waals surface area contributed by atoms with Gasteiger partial charge in [-0.05, 0) is 42.0 Å². The van der Waals surface area contributed by atoms with Crippen molar-refractivity contribution >= 4 is 22.9 Å². The lowest BCUT2D eigenvalue weighted by molar-refractivity contribution is -0.137. The van der Waals surface area contributed by atoms with Crippen molar-refractivity contribution in [3.8, 4) is 0 Å². The molecule has 2 aromatic rings. The zero-order valence-electron chi connectivity index (χ0n) is 13.8. The van der Waals surface area contributed by atoms with Gasteiger partial charge in [0.2, 0.25) is 5.91 Å². The van der Waals surface area contributed by atoms with E-state index < -0.39 is 17.6 Å². The number of amides is 1. The van der Waals surface area contributed by atoms with Gasteiger partial charge in [-0.3, -0.25) is 9.69 Å². The molecule has 0 spiro atoms. The predicted molar refractivity (Wildman–Crippen MR) is 92.7 cm³/mol. The Labute approximate surface area is 148 Å². The van der Waals surface area contributed by atoms with Crippen LogP contribution in [0.4, 0.5) is 18.9 Å². The molecule has 3 nitrogen and oxygen atoms in total. The second-order valence-corrected chi connectivity index (χ2v) is 7.04. The zero-order chi connectivity index (χ0) is 18.0. The number of halogens is 3. The fraction of sp³-hybridized carbons (Fsp3) is 0.389. The molecule has 7 heteroatoms. The number of alkyl halides is 3. The van der Waals surface area contributed by atoms with E-state index in [-0.39, 0.29) is 18.3 Å². The molecule has 25 heavy (non-hydrogen) atoms. The van der Waals surface area contributed by atoms with Crippen LogP contribution in [0.15, 0.2) is 35.7 Å². The highest BCUT2D eigenvalue weighted by molar-refractivity contribution is 7.10. The second-order valence-electron chi connectivity index (χ2n) is 6.04. The van der Waals surface area contributed by atoms with Crippen molar-refractivity contribution in [2.24, 2.45) is 0 Å². The highest BCUT2D eigenvalue weighted by Gasteiger charge is 2.34. The van der Waals surface area contributed by atoms with E-state index in [1.54, 1.807) is 11.3 Å². The first-order valence-electron chi connectivity index (χ1n) is 8.16. The number of rotatable bonds is 4. The van der Waals surface area contributed by atoms with Crippen molar-refractivity contribution in [1.82, 2.24) is 4.90 Å². The molecule has 0 aliphatic carbocycles. The van der Waals surface area contributed by atoms with Crippen LogP contribution in [0.2, 0.25) is 0 Å². The zero-order valence-corrected chi connectivity index (χ0v) is 14.6. The number of carbonyl (C=O) groups excluding carboxylic acids is 1. The summed E-state index contributed by atoms with van der Waals surface area (Å²) in [7, 11) is 0. The number of para-hydroxylation sites is 1. The summed E-state index contributed by atoms with van der Waals surface area (Å²) >= 11 is 1.72. The lowest BCUT2D eigenvalue weighted by Crippen LogP contribution is -2.40. The standard InChI is InChI=1S/C18H19F3N2OS/c1-2-15-12-8-10-25-16(12)7-9-23(15)11-17(24)22-14-6-4-3-5-13(14)18(19,20)21/h3-6,8,10,15H,2,7,9,11H2,1H3,(H,22,24). The molecular weight excluding hydrogens is 349 g/mol. The van der Waals surface area contributed by atoms with Crippen molar-refractivity contribution in [2.75, 3.05) is 18.4 Å². The van der Waals surface area contributed by atoms with Gasteiger partial charge in [-0.2, -0.15) is 13.2 Å². The number of hydrogen-bond donors (Lipinski definition) is 1. The smallest absolute Gasteiger partial charge is 0.324 e. The molecule has 0 saturated heterocycles. The molecule has 0 bridgehead atoms. The minimum atomic E-state index is -4.49. The van der Waals surface area contributed by atoms with Crippen LogP contribution in [0, 0.1) is 0 Å². The fourth-order valence-electron chi connectivity index (χ4n) is 3.33. The van der Waals surface area contributed by atoms with Crippen molar-refractivity contribution in [2.45, 2.75) is 32.0 Å². The third-order valence-corrected chi connectivity index (χ3v) is 5.44. The minimum absolute atomic E-state index is 0.0833. The maximum absolute atomic E-state index is 13.0. The van der Waals surface area contributed by atoms with Gasteiger partial charge in [-0.15, -0.1) is 11.3 Å². The van der Waals surface area contributed by atoms with Gasteiger partial charge in [0, 0.05) is 17.5 Å². The number of nitrogens with zero attached hydrogens (tertiary/aromatic N) is 1. The fourth-order valence-corrected chi connectivity index (χ4v) is 4.26. The molecule has 1 N–H and O–H groups in total. The minimum Gasteiger partial charge on any atom is -0.324 e. The number of nitrogens with one attached hydrogen (secondary N) is 1.